The lowest BCUT2D eigenvalue weighted by atomic mass is 10.1. The van der Waals surface area contributed by atoms with Crippen LogP contribution in [0, 0.1) is 0 Å². The van der Waals surface area contributed by atoms with Crippen LogP contribution >= 0.6 is 11.6 Å². The van der Waals surface area contributed by atoms with Gasteiger partial charge in [0, 0.05) is 37.7 Å². The molecule has 0 spiro atoms. The van der Waals surface area contributed by atoms with Crippen molar-refractivity contribution in [3.8, 4) is 0 Å². The highest BCUT2D eigenvalue weighted by molar-refractivity contribution is 7.89. The number of rotatable bonds is 6. The van der Waals surface area contributed by atoms with Gasteiger partial charge in [0.05, 0.1) is 5.75 Å². The van der Waals surface area contributed by atoms with Crippen LogP contribution in [-0.4, -0.2) is 56.1 Å². The Labute approximate surface area is 132 Å². The van der Waals surface area contributed by atoms with E-state index in [9.17, 15) is 8.42 Å². The Morgan fingerprint density at radius 2 is 1.71 bits per heavy atom. The van der Waals surface area contributed by atoms with Crippen molar-refractivity contribution in [2.24, 2.45) is 0 Å². The highest BCUT2D eigenvalue weighted by Crippen LogP contribution is 2.12. The predicted octanol–water partition coefficient (Wildman–Crippen LogP) is 2.24. The Hall–Kier alpha value is -0.620. The van der Waals surface area contributed by atoms with Gasteiger partial charge in [0.2, 0.25) is 10.0 Å². The third-order valence-corrected chi connectivity index (χ3v) is 6.14. The summed E-state index contributed by atoms with van der Waals surface area (Å²) in [6.45, 7) is 5.72. The first kappa shape index (κ1) is 16.7. The van der Waals surface area contributed by atoms with Gasteiger partial charge in [-0.3, -0.25) is 0 Å². The van der Waals surface area contributed by atoms with Gasteiger partial charge in [0.1, 0.15) is 0 Å². The summed E-state index contributed by atoms with van der Waals surface area (Å²) in [6, 6.07) is 7.91. The van der Waals surface area contributed by atoms with E-state index in [4.69, 9.17) is 11.6 Å². The van der Waals surface area contributed by atoms with E-state index in [0.29, 0.717) is 19.5 Å². The summed E-state index contributed by atoms with van der Waals surface area (Å²) in [6.07, 6.45) is 1.65. The maximum atomic E-state index is 12.0. The smallest absolute Gasteiger partial charge is 0.214 e. The molecule has 0 unspecified atom stereocenters. The molecule has 21 heavy (non-hydrogen) atoms. The van der Waals surface area contributed by atoms with E-state index in [1.54, 1.807) is 4.31 Å². The highest BCUT2D eigenvalue weighted by atomic mass is 35.5. The van der Waals surface area contributed by atoms with Crippen LogP contribution in [0.5, 0.6) is 0 Å². The molecule has 1 aliphatic rings. The number of hydrogen-bond acceptors (Lipinski definition) is 3. The van der Waals surface area contributed by atoms with E-state index in [-0.39, 0.29) is 5.75 Å². The molecule has 4 nitrogen and oxygen atoms in total. The Balaban J connectivity index is 1.78. The van der Waals surface area contributed by atoms with Crippen molar-refractivity contribution in [2.45, 2.75) is 19.8 Å². The third-order valence-electron chi connectivity index (χ3n) is 3.82. The van der Waals surface area contributed by atoms with Gasteiger partial charge < -0.3 is 4.90 Å². The molecule has 0 saturated carbocycles. The molecule has 1 saturated heterocycles. The Morgan fingerprint density at radius 3 is 2.29 bits per heavy atom. The average Bonchev–Trinajstić information content (AvgIpc) is 2.47. The molecule has 1 aromatic carbocycles. The molecule has 2 rings (SSSR count). The standard InChI is InChI=1S/C15H23ClN2O2S/c1-2-13-21(19,20)18-11-9-17(10-12-18)8-7-14-3-5-15(16)6-4-14/h3-6H,2,7-13H2,1H3. The molecule has 1 heterocycles. The molecule has 1 aromatic rings. The van der Waals surface area contributed by atoms with Crippen molar-refractivity contribution < 1.29 is 8.42 Å². The number of hydrogen-bond donors (Lipinski definition) is 0. The lowest BCUT2D eigenvalue weighted by molar-refractivity contribution is 0.190. The zero-order chi connectivity index (χ0) is 15.3. The van der Waals surface area contributed by atoms with Crippen molar-refractivity contribution in [1.82, 2.24) is 9.21 Å². The molecule has 6 heteroatoms. The Morgan fingerprint density at radius 1 is 1.10 bits per heavy atom. The van der Waals surface area contributed by atoms with E-state index < -0.39 is 10.0 Å². The fourth-order valence-corrected chi connectivity index (χ4v) is 4.18. The van der Waals surface area contributed by atoms with Crippen LogP contribution in [0.1, 0.15) is 18.9 Å². The van der Waals surface area contributed by atoms with E-state index in [1.807, 2.05) is 31.2 Å². The molecule has 1 fully saturated rings. The lowest BCUT2D eigenvalue weighted by Crippen LogP contribution is -2.49. The van der Waals surface area contributed by atoms with Crippen molar-refractivity contribution in [1.29, 1.82) is 0 Å². The van der Waals surface area contributed by atoms with Gasteiger partial charge in [-0.25, -0.2) is 8.42 Å². The molecular weight excluding hydrogens is 308 g/mol. The van der Waals surface area contributed by atoms with E-state index >= 15 is 0 Å². The fraction of sp³-hybridized carbons (Fsp3) is 0.600. The minimum atomic E-state index is -3.04. The third kappa shape index (κ3) is 4.95. The van der Waals surface area contributed by atoms with Crippen LogP contribution in [-0.2, 0) is 16.4 Å². The second-order valence-electron chi connectivity index (χ2n) is 5.43. The molecule has 0 N–H and O–H groups in total. The molecule has 0 bridgehead atoms. The van der Waals surface area contributed by atoms with E-state index in [2.05, 4.69) is 4.90 Å². The molecular formula is C15H23ClN2O2S. The van der Waals surface area contributed by atoms with Crippen LogP contribution in [0.3, 0.4) is 0 Å². The maximum Gasteiger partial charge on any atom is 0.214 e. The van der Waals surface area contributed by atoms with Crippen LogP contribution in [0.2, 0.25) is 5.02 Å². The summed E-state index contributed by atoms with van der Waals surface area (Å²) in [5, 5.41) is 0.758. The first-order valence-electron chi connectivity index (χ1n) is 7.46. The fourth-order valence-electron chi connectivity index (χ4n) is 2.56. The number of sulfonamides is 1. The monoisotopic (exact) mass is 330 g/mol. The molecule has 0 aromatic heterocycles. The molecule has 118 valence electrons. The van der Waals surface area contributed by atoms with Crippen molar-refractivity contribution >= 4 is 21.6 Å². The zero-order valence-corrected chi connectivity index (χ0v) is 14.0. The zero-order valence-electron chi connectivity index (χ0n) is 12.5. The van der Waals surface area contributed by atoms with Gasteiger partial charge in [-0.2, -0.15) is 4.31 Å². The van der Waals surface area contributed by atoms with E-state index in [1.165, 1.54) is 5.56 Å². The van der Waals surface area contributed by atoms with Crippen molar-refractivity contribution in [3.05, 3.63) is 34.9 Å². The number of nitrogens with zero attached hydrogens (tertiary/aromatic N) is 2. The van der Waals surface area contributed by atoms with E-state index in [0.717, 1.165) is 31.1 Å². The predicted molar refractivity (Wildman–Crippen MR) is 87.2 cm³/mol. The molecule has 0 amide bonds. The number of halogens is 1. The van der Waals surface area contributed by atoms with Gasteiger partial charge >= 0.3 is 0 Å². The van der Waals surface area contributed by atoms with Gasteiger partial charge in [0.25, 0.3) is 0 Å². The SMILES string of the molecule is CCCS(=O)(=O)N1CCN(CCc2ccc(Cl)cc2)CC1. The minimum absolute atomic E-state index is 0.262. The summed E-state index contributed by atoms with van der Waals surface area (Å²) in [4.78, 5) is 2.33. The summed E-state index contributed by atoms with van der Waals surface area (Å²) in [5.74, 6) is 0.262. The summed E-state index contributed by atoms with van der Waals surface area (Å²) < 4.78 is 25.6. The Bertz CT molecular complexity index is 537. The second kappa shape index (κ2) is 7.58. The summed E-state index contributed by atoms with van der Waals surface area (Å²) in [5.41, 5.74) is 1.26. The van der Waals surface area contributed by atoms with Crippen LogP contribution < -0.4 is 0 Å². The van der Waals surface area contributed by atoms with Crippen LogP contribution in [0.25, 0.3) is 0 Å². The topological polar surface area (TPSA) is 40.6 Å². The molecule has 1 aliphatic heterocycles. The normalized spacial score (nSPS) is 18.0. The maximum absolute atomic E-state index is 12.0. The summed E-state index contributed by atoms with van der Waals surface area (Å²) >= 11 is 5.87. The first-order chi connectivity index (χ1) is 10.0. The molecule has 0 atom stereocenters. The quantitative estimate of drug-likeness (QED) is 0.803. The van der Waals surface area contributed by atoms with Gasteiger partial charge in [-0.05, 0) is 30.5 Å². The molecule has 0 aliphatic carbocycles. The summed E-state index contributed by atoms with van der Waals surface area (Å²) in [7, 11) is -3.04. The van der Waals surface area contributed by atoms with Crippen molar-refractivity contribution in [3.63, 3.8) is 0 Å². The van der Waals surface area contributed by atoms with Gasteiger partial charge in [-0.15, -0.1) is 0 Å². The second-order valence-corrected chi connectivity index (χ2v) is 7.96. The number of benzene rings is 1. The lowest BCUT2D eigenvalue weighted by Gasteiger charge is -2.33. The first-order valence-corrected chi connectivity index (χ1v) is 9.44. The highest BCUT2D eigenvalue weighted by Gasteiger charge is 2.25. The largest absolute Gasteiger partial charge is 0.300 e. The Kier molecular flexibility index (Phi) is 6.05. The van der Waals surface area contributed by atoms with Crippen LogP contribution in [0.15, 0.2) is 24.3 Å². The van der Waals surface area contributed by atoms with Crippen LogP contribution in [0.4, 0.5) is 0 Å². The molecule has 0 radical (unpaired) electrons. The van der Waals surface area contributed by atoms with Crippen molar-refractivity contribution in [2.75, 3.05) is 38.5 Å². The average molecular weight is 331 g/mol. The minimum Gasteiger partial charge on any atom is -0.300 e. The van der Waals surface area contributed by atoms with Gasteiger partial charge in [0.15, 0.2) is 0 Å². The number of piperazine rings is 1. The van der Waals surface area contributed by atoms with Gasteiger partial charge in [-0.1, -0.05) is 30.7 Å².